The van der Waals surface area contributed by atoms with Gasteiger partial charge in [-0.1, -0.05) is 50.1 Å². The Kier molecular flexibility index (Phi) is 5.01. The monoisotopic (exact) mass is 417 g/mol. The first-order valence-electron chi connectivity index (χ1n) is 5.86. The van der Waals surface area contributed by atoms with Crippen molar-refractivity contribution in [2.45, 2.75) is 11.4 Å². The Balaban J connectivity index is 2.23. The van der Waals surface area contributed by atoms with Crippen LogP contribution in [0.4, 0.5) is 0 Å². The van der Waals surface area contributed by atoms with E-state index in [9.17, 15) is 8.42 Å². The van der Waals surface area contributed by atoms with Crippen molar-refractivity contribution >= 4 is 41.9 Å². The van der Waals surface area contributed by atoms with E-state index in [-0.39, 0.29) is 4.90 Å². The molecule has 6 heteroatoms. The molecule has 0 amide bonds. The number of rotatable bonds is 4. The number of sulfonamides is 1. The highest BCUT2D eigenvalue weighted by molar-refractivity contribution is 9.10. The van der Waals surface area contributed by atoms with Gasteiger partial charge in [-0.15, -0.1) is 0 Å². The van der Waals surface area contributed by atoms with E-state index in [2.05, 4.69) is 31.9 Å². The van der Waals surface area contributed by atoms with Crippen LogP contribution in [0, 0.1) is 0 Å². The first-order chi connectivity index (χ1) is 9.39. The second-order valence-corrected chi connectivity index (χ2v) is 8.22. The molecular weight excluding hydrogens is 406 g/mol. The standard InChI is InChI=1S/C14H13Br2NO2S/c1-17(10-11-5-7-12(15)8-6-11)20(18,19)14-4-2-3-13(16)9-14/h2-9H,10H2,1H3. The molecule has 0 radical (unpaired) electrons. The van der Waals surface area contributed by atoms with Gasteiger partial charge in [-0.2, -0.15) is 4.31 Å². The zero-order valence-electron chi connectivity index (χ0n) is 10.8. The van der Waals surface area contributed by atoms with E-state index < -0.39 is 10.0 Å². The lowest BCUT2D eigenvalue weighted by molar-refractivity contribution is 0.466. The number of benzene rings is 2. The molecule has 3 nitrogen and oxygen atoms in total. The van der Waals surface area contributed by atoms with Crippen molar-refractivity contribution in [3.63, 3.8) is 0 Å². The highest BCUT2D eigenvalue weighted by atomic mass is 79.9. The van der Waals surface area contributed by atoms with Crippen LogP contribution in [0.15, 0.2) is 62.4 Å². The lowest BCUT2D eigenvalue weighted by Gasteiger charge is -2.17. The van der Waals surface area contributed by atoms with Crippen LogP contribution in [-0.2, 0) is 16.6 Å². The van der Waals surface area contributed by atoms with Crippen LogP contribution in [0.3, 0.4) is 0 Å². The lowest BCUT2D eigenvalue weighted by atomic mass is 10.2. The molecule has 0 bridgehead atoms. The summed E-state index contributed by atoms with van der Waals surface area (Å²) in [6, 6.07) is 14.3. The molecule has 0 aliphatic carbocycles. The average Bonchev–Trinajstić information content (AvgIpc) is 2.41. The van der Waals surface area contributed by atoms with Crippen LogP contribution < -0.4 is 0 Å². The van der Waals surface area contributed by atoms with E-state index in [1.54, 1.807) is 31.3 Å². The van der Waals surface area contributed by atoms with Crippen LogP contribution in [-0.4, -0.2) is 19.8 Å². The zero-order chi connectivity index (χ0) is 14.8. The van der Waals surface area contributed by atoms with Gasteiger partial charge < -0.3 is 0 Å². The molecule has 2 rings (SSSR count). The summed E-state index contributed by atoms with van der Waals surface area (Å²) in [5, 5.41) is 0. The summed E-state index contributed by atoms with van der Waals surface area (Å²) < 4.78 is 28.0. The van der Waals surface area contributed by atoms with Crippen LogP contribution in [0.5, 0.6) is 0 Å². The summed E-state index contributed by atoms with van der Waals surface area (Å²) in [5.74, 6) is 0. The molecule has 0 unspecified atom stereocenters. The predicted octanol–water partition coefficient (Wildman–Crippen LogP) is 4.03. The predicted molar refractivity (Wildman–Crippen MR) is 86.9 cm³/mol. The van der Waals surface area contributed by atoms with E-state index in [0.717, 1.165) is 14.5 Å². The molecule has 0 aromatic heterocycles. The van der Waals surface area contributed by atoms with Crippen molar-refractivity contribution in [2.24, 2.45) is 0 Å². The first kappa shape index (κ1) is 15.7. The summed E-state index contributed by atoms with van der Waals surface area (Å²) in [7, 11) is -1.90. The Morgan fingerprint density at radius 3 is 2.25 bits per heavy atom. The van der Waals surface area contributed by atoms with Gasteiger partial charge in [0.05, 0.1) is 4.90 Å². The quantitative estimate of drug-likeness (QED) is 0.751. The Morgan fingerprint density at radius 2 is 1.65 bits per heavy atom. The maximum Gasteiger partial charge on any atom is 0.243 e. The summed E-state index contributed by atoms with van der Waals surface area (Å²) in [4.78, 5) is 0.284. The van der Waals surface area contributed by atoms with Crippen LogP contribution in [0.1, 0.15) is 5.56 Å². The molecule has 0 spiro atoms. The normalized spacial score (nSPS) is 11.8. The minimum absolute atomic E-state index is 0.284. The van der Waals surface area contributed by atoms with Crippen LogP contribution in [0.2, 0.25) is 0 Å². The van der Waals surface area contributed by atoms with Crippen molar-refractivity contribution in [1.82, 2.24) is 4.31 Å². The molecule has 0 atom stereocenters. The molecular formula is C14H13Br2NO2S. The largest absolute Gasteiger partial charge is 0.243 e. The van der Waals surface area contributed by atoms with Gasteiger partial charge in [-0.05, 0) is 35.9 Å². The second kappa shape index (κ2) is 6.39. The third-order valence-corrected chi connectivity index (χ3v) is 5.64. The van der Waals surface area contributed by atoms with Crippen molar-refractivity contribution in [3.8, 4) is 0 Å². The highest BCUT2D eigenvalue weighted by Gasteiger charge is 2.20. The molecule has 0 aliphatic heterocycles. The van der Waals surface area contributed by atoms with Gasteiger partial charge in [-0.25, -0.2) is 8.42 Å². The fourth-order valence-electron chi connectivity index (χ4n) is 1.74. The maximum atomic E-state index is 12.5. The maximum absolute atomic E-state index is 12.5. The van der Waals surface area contributed by atoms with Gasteiger partial charge in [0.2, 0.25) is 10.0 Å². The van der Waals surface area contributed by atoms with E-state index in [1.165, 1.54) is 4.31 Å². The summed E-state index contributed by atoms with van der Waals surface area (Å²) in [6.07, 6.45) is 0. The molecule has 2 aromatic carbocycles. The topological polar surface area (TPSA) is 37.4 Å². The molecule has 2 aromatic rings. The van der Waals surface area contributed by atoms with Crippen molar-refractivity contribution in [3.05, 3.63) is 63.0 Å². The van der Waals surface area contributed by atoms with Crippen molar-refractivity contribution < 1.29 is 8.42 Å². The SMILES string of the molecule is CN(Cc1ccc(Br)cc1)S(=O)(=O)c1cccc(Br)c1. The lowest BCUT2D eigenvalue weighted by Crippen LogP contribution is -2.26. The number of nitrogens with zero attached hydrogens (tertiary/aromatic N) is 1. The van der Waals surface area contributed by atoms with Crippen LogP contribution in [0.25, 0.3) is 0 Å². The minimum Gasteiger partial charge on any atom is -0.207 e. The van der Waals surface area contributed by atoms with Gasteiger partial charge in [0.25, 0.3) is 0 Å². The third kappa shape index (κ3) is 3.69. The molecule has 0 saturated carbocycles. The smallest absolute Gasteiger partial charge is 0.207 e. The number of hydrogen-bond donors (Lipinski definition) is 0. The Labute approximate surface area is 135 Å². The van der Waals surface area contributed by atoms with Crippen molar-refractivity contribution in [1.29, 1.82) is 0 Å². The average molecular weight is 419 g/mol. The van der Waals surface area contributed by atoms with Gasteiger partial charge in [-0.3, -0.25) is 0 Å². The summed E-state index contributed by atoms with van der Waals surface area (Å²) >= 11 is 6.65. The minimum atomic E-state index is -3.48. The van der Waals surface area contributed by atoms with E-state index >= 15 is 0 Å². The van der Waals surface area contributed by atoms with E-state index in [4.69, 9.17) is 0 Å². The van der Waals surface area contributed by atoms with Gasteiger partial charge >= 0.3 is 0 Å². The molecule has 20 heavy (non-hydrogen) atoms. The molecule has 0 fully saturated rings. The first-order valence-corrected chi connectivity index (χ1v) is 8.88. The molecule has 0 saturated heterocycles. The van der Waals surface area contributed by atoms with Crippen molar-refractivity contribution in [2.75, 3.05) is 7.05 Å². The number of halogens is 2. The number of hydrogen-bond acceptors (Lipinski definition) is 2. The van der Waals surface area contributed by atoms with Gasteiger partial charge in [0.1, 0.15) is 0 Å². The van der Waals surface area contributed by atoms with Gasteiger partial charge in [0.15, 0.2) is 0 Å². The van der Waals surface area contributed by atoms with E-state index in [1.807, 2.05) is 24.3 Å². The second-order valence-electron chi connectivity index (χ2n) is 4.34. The van der Waals surface area contributed by atoms with Gasteiger partial charge in [0, 0.05) is 22.5 Å². The Hall–Kier alpha value is -0.690. The molecule has 0 aliphatic rings. The summed E-state index contributed by atoms with van der Waals surface area (Å²) in [6.45, 7) is 0.335. The Morgan fingerprint density at radius 1 is 1.00 bits per heavy atom. The molecule has 0 N–H and O–H groups in total. The fourth-order valence-corrected chi connectivity index (χ4v) is 3.76. The highest BCUT2D eigenvalue weighted by Crippen LogP contribution is 2.21. The zero-order valence-corrected chi connectivity index (χ0v) is 14.7. The molecule has 106 valence electrons. The third-order valence-electron chi connectivity index (χ3n) is 2.82. The van der Waals surface area contributed by atoms with E-state index in [0.29, 0.717) is 6.54 Å². The van der Waals surface area contributed by atoms with Crippen LogP contribution >= 0.6 is 31.9 Å². The summed E-state index contributed by atoms with van der Waals surface area (Å²) in [5.41, 5.74) is 0.939. The molecule has 0 heterocycles. The Bertz CT molecular complexity index is 699. The fraction of sp³-hybridized carbons (Fsp3) is 0.143.